The molecule has 14 nitrogen and oxygen atoms in total. The molecule has 0 aromatic rings. The van der Waals surface area contributed by atoms with Crippen molar-refractivity contribution in [1.82, 2.24) is 42.5 Å². The first-order valence-corrected chi connectivity index (χ1v) is 32.6. The minimum atomic E-state index is -0.354. The highest BCUT2D eigenvalue weighted by molar-refractivity contribution is 5.81. The van der Waals surface area contributed by atoms with Crippen LogP contribution in [0.25, 0.3) is 0 Å². The molecule has 78 heavy (non-hydrogen) atoms. The van der Waals surface area contributed by atoms with Gasteiger partial charge in [-0.3, -0.25) is 42.5 Å². The third-order valence-corrected chi connectivity index (χ3v) is 21.4. The van der Waals surface area contributed by atoms with Crippen LogP contribution in [0.1, 0.15) is 181 Å². The summed E-state index contributed by atoms with van der Waals surface area (Å²) in [6.07, 6.45) is 14.2. The van der Waals surface area contributed by atoms with E-state index in [0.717, 1.165) is 64.2 Å². The van der Waals surface area contributed by atoms with Crippen molar-refractivity contribution < 1.29 is 28.5 Å². The second-order valence-electron chi connectivity index (χ2n) is 29.5. The Balaban J connectivity index is 1.16. The summed E-state index contributed by atoms with van der Waals surface area (Å²) in [7, 11) is 0. The quantitative estimate of drug-likeness (QED) is 0.0457. The molecule has 21 unspecified atom stereocenters. The number of rotatable bonds is 19. The molecule has 0 aromatic heterocycles. The summed E-state index contributed by atoms with van der Waals surface area (Å²) in [6.45, 7) is 41.5. The standard InChI is InChI=1S/C64H116N8O6/c1-18-47(73)74-30-39-28-29-46(78-56(37(14)15)38(16)17)52-48(39)60-71-63-51-42(24-21-27-45(51)77-55(35(10)11)36(12)13)58(69-63)67-61-49-40(22-19-25-43(49)75-53(31(2)3)32(4)5)57(65-61)66-62-50-41(59(68-62)70-64(52)72-60)23-20-26-44(50)76-54(33(6)7)34(8)9/h18,31-46,48-72H,1,19-30H2,2-17H3. The number of carbonyl (C=O) groups is 1. The summed E-state index contributed by atoms with van der Waals surface area (Å²) in [5.74, 6) is 5.08. The Hall–Kier alpha value is -1.27. The normalized spacial score (nSPS) is 40.9. The smallest absolute Gasteiger partial charge is 0.330 e. The molecule has 0 spiro atoms. The topological polar surface area (TPSA) is 159 Å². The van der Waals surface area contributed by atoms with Gasteiger partial charge in [0.15, 0.2) is 0 Å². The van der Waals surface area contributed by atoms with Gasteiger partial charge in [-0.15, -0.1) is 0 Å². The predicted molar refractivity (Wildman–Crippen MR) is 312 cm³/mol. The summed E-state index contributed by atoms with van der Waals surface area (Å²) in [5.41, 5.74) is 0. The van der Waals surface area contributed by atoms with Gasteiger partial charge in [0.25, 0.3) is 0 Å². The Morgan fingerprint density at radius 3 is 0.936 bits per heavy atom. The average molecular weight is 1090 g/mol. The van der Waals surface area contributed by atoms with Crippen LogP contribution in [0, 0.1) is 101 Å². The van der Waals surface area contributed by atoms with Crippen molar-refractivity contribution in [3.05, 3.63) is 12.7 Å². The van der Waals surface area contributed by atoms with Crippen molar-refractivity contribution in [2.45, 2.75) is 280 Å². The maximum atomic E-state index is 13.0. The van der Waals surface area contributed by atoms with E-state index in [4.69, 9.17) is 23.7 Å². The average Bonchev–Trinajstić information content (AvgIpc) is 4.27. The molecule has 9 rings (SSSR count). The lowest BCUT2D eigenvalue weighted by Crippen LogP contribution is -2.62. The number of hydrogen-bond donors (Lipinski definition) is 8. The number of hydrogen-bond acceptors (Lipinski definition) is 14. The fourth-order valence-electron chi connectivity index (χ4n) is 18.5. The van der Waals surface area contributed by atoms with Gasteiger partial charge >= 0.3 is 5.97 Å². The van der Waals surface area contributed by atoms with Crippen molar-refractivity contribution in [1.29, 1.82) is 0 Å². The van der Waals surface area contributed by atoms with Crippen LogP contribution in [0.2, 0.25) is 0 Å². The van der Waals surface area contributed by atoms with Gasteiger partial charge in [-0.05, 0) is 122 Å². The zero-order valence-corrected chi connectivity index (χ0v) is 51.8. The largest absolute Gasteiger partial charge is 0.462 e. The van der Waals surface area contributed by atoms with E-state index >= 15 is 0 Å². The Morgan fingerprint density at radius 1 is 0.372 bits per heavy atom. The van der Waals surface area contributed by atoms with Gasteiger partial charge in [0.1, 0.15) is 0 Å². The molecule has 8 bridgehead atoms. The molecule has 5 heterocycles. The lowest BCUT2D eigenvalue weighted by atomic mass is 9.69. The second-order valence-corrected chi connectivity index (χ2v) is 29.5. The van der Waals surface area contributed by atoms with E-state index in [0.29, 0.717) is 71.7 Å². The van der Waals surface area contributed by atoms with Gasteiger partial charge in [-0.25, -0.2) is 4.79 Å². The van der Waals surface area contributed by atoms with Gasteiger partial charge < -0.3 is 23.7 Å². The van der Waals surface area contributed by atoms with Gasteiger partial charge in [-0.2, -0.15) is 0 Å². The molecule has 5 saturated heterocycles. The Bertz CT molecular complexity index is 1890. The molecule has 21 atom stereocenters. The lowest BCUT2D eigenvalue weighted by molar-refractivity contribution is -0.145. The molecule has 4 aliphatic carbocycles. The number of carbonyl (C=O) groups excluding carboxylic acids is 1. The first-order valence-electron chi connectivity index (χ1n) is 32.6. The Morgan fingerprint density at radius 2 is 0.641 bits per heavy atom. The number of nitrogens with one attached hydrogen (secondary N) is 8. The molecule has 4 saturated carbocycles. The van der Waals surface area contributed by atoms with Crippen molar-refractivity contribution in [3.8, 4) is 0 Å². The zero-order valence-electron chi connectivity index (χ0n) is 51.8. The minimum Gasteiger partial charge on any atom is -0.462 e. The summed E-state index contributed by atoms with van der Waals surface area (Å²) in [5, 5.41) is 35.3. The third-order valence-electron chi connectivity index (χ3n) is 21.4. The lowest BCUT2D eigenvalue weighted by Gasteiger charge is -2.45. The van der Waals surface area contributed by atoms with Crippen LogP contribution in [0.5, 0.6) is 0 Å². The van der Waals surface area contributed by atoms with Crippen LogP contribution in [0.15, 0.2) is 12.7 Å². The highest BCUT2D eigenvalue weighted by atomic mass is 16.5. The molecule has 9 aliphatic rings. The van der Waals surface area contributed by atoms with Crippen LogP contribution in [0.4, 0.5) is 0 Å². The fraction of sp³-hybridized carbons (Fsp3) is 0.953. The van der Waals surface area contributed by atoms with Gasteiger partial charge in [0, 0.05) is 35.7 Å². The van der Waals surface area contributed by atoms with E-state index in [2.05, 4.69) is 160 Å². The molecule has 0 amide bonds. The van der Waals surface area contributed by atoms with E-state index in [9.17, 15) is 4.79 Å². The SMILES string of the molecule is C=CC(=O)OCC1CCC(OC(C(C)C)C(C)C)C2C3NC4NC(NC5NC(NC6NC(NC(N3)C12)C1C(OC(C(C)C)C(C)C)CCCC61)C1C(OC(C(C)C)C(C)C)CCCC51)C1C(OC(C(C)C)C(C)C)CCCC41. The van der Waals surface area contributed by atoms with Gasteiger partial charge in [-0.1, -0.05) is 137 Å². The maximum absolute atomic E-state index is 13.0. The fourth-order valence-corrected chi connectivity index (χ4v) is 18.5. The van der Waals surface area contributed by atoms with Crippen LogP contribution < -0.4 is 42.5 Å². The number of fused-ring (bicyclic) bond motifs is 20. The van der Waals surface area contributed by atoms with E-state index in [1.807, 2.05) is 0 Å². The molecule has 5 aliphatic heterocycles. The summed E-state index contributed by atoms with van der Waals surface area (Å²) < 4.78 is 36.1. The molecule has 8 N–H and O–H groups in total. The molecular formula is C64H116N8O6. The Labute approximate surface area is 474 Å². The molecular weight excluding hydrogens is 977 g/mol. The van der Waals surface area contributed by atoms with Crippen molar-refractivity contribution in [3.63, 3.8) is 0 Å². The van der Waals surface area contributed by atoms with E-state index < -0.39 is 0 Å². The first kappa shape index (κ1) is 61.3. The third kappa shape index (κ3) is 13.0. The highest BCUT2D eigenvalue weighted by Gasteiger charge is 2.61. The van der Waals surface area contributed by atoms with E-state index in [1.54, 1.807) is 0 Å². The van der Waals surface area contributed by atoms with Crippen molar-refractivity contribution in [2.24, 2.45) is 101 Å². The Kier molecular flexibility index (Phi) is 20.7. The summed E-state index contributed by atoms with van der Waals surface area (Å²) in [4.78, 5) is 13.0. The predicted octanol–water partition coefficient (Wildman–Crippen LogP) is 9.26. The van der Waals surface area contributed by atoms with E-state index in [-0.39, 0.29) is 140 Å². The van der Waals surface area contributed by atoms with Crippen LogP contribution in [-0.2, 0) is 28.5 Å². The van der Waals surface area contributed by atoms with Crippen LogP contribution in [-0.4, -0.2) is 111 Å². The van der Waals surface area contributed by atoms with Crippen LogP contribution >= 0.6 is 0 Å². The summed E-state index contributed by atoms with van der Waals surface area (Å²) >= 11 is 0. The second kappa shape index (κ2) is 26.3. The van der Waals surface area contributed by atoms with Gasteiger partial charge in [0.2, 0.25) is 0 Å². The minimum absolute atomic E-state index is 0.00747. The summed E-state index contributed by atoms with van der Waals surface area (Å²) in [6, 6.07) is 0. The molecule has 448 valence electrons. The monoisotopic (exact) mass is 1090 g/mol. The molecule has 0 radical (unpaired) electrons. The number of esters is 1. The molecule has 14 heteroatoms. The van der Waals surface area contributed by atoms with Gasteiger partial charge in [0.05, 0.1) is 105 Å². The molecule has 9 fully saturated rings. The van der Waals surface area contributed by atoms with E-state index in [1.165, 1.54) is 12.5 Å². The maximum Gasteiger partial charge on any atom is 0.330 e. The van der Waals surface area contributed by atoms with Crippen molar-refractivity contribution >= 4 is 5.97 Å². The van der Waals surface area contributed by atoms with Crippen LogP contribution in [0.3, 0.4) is 0 Å². The van der Waals surface area contributed by atoms with Crippen molar-refractivity contribution in [2.75, 3.05) is 6.61 Å². The first-order chi connectivity index (χ1) is 37.1. The molecule has 0 aromatic carbocycles. The number of ether oxygens (including phenoxy) is 5. The zero-order chi connectivity index (χ0) is 56.0. The highest BCUT2D eigenvalue weighted by Crippen LogP contribution is 2.50.